The quantitative estimate of drug-likeness (QED) is 0.680. The molecule has 2 rings (SSSR count). The van der Waals surface area contributed by atoms with Crippen molar-refractivity contribution >= 4 is 11.0 Å². The fourth-order valence-corrected chi connectivity index (χ4v) is 1.19. The number of benzene rings is 1. The van der Waals surface area contributed by atoms with Gasteiger partial charge in [-0.25, -0.2) is 4.98 Å². The molecule has 1 heterocycles. The fraction of sp³-hybridized carbons (Fsp3) is 0.200. The molecule has 0 saturated carbocycles. The van der Waals surface area contributed by atoms with Crippen LogP contribution in [0.4, 0.5) is 0 Å². The molecule has 1 radical (unpaired) electrons. The van der Waals surface area contributed by atoms with Crippen LogP contribution in [-0.4, -0.2) is 9.97 Å². The minimum Gasteiger partial charge on any atom is -0.341 e. The van der Waals surface area contributed by atoms with E-state index in [9.17, 15) is 0 Å². The Morgan fingerprint density at radius 1 is 1.25 bits per heavy atom. The Kier molecular flexibility index (Phi) is 1.61. The summed E-state index contributed by atoms with van der Waals surface area (Å²) in [7, 11) is 0. The first kappa shape index (κ1) is 7.35. The first-order valence-corrected chi connectivity index (χ1v) is 4.02. The molecule has 0 fully saturated rings. The van der Waals surface area contributed by atoms with E-state index in [1.54, 1.807) is 0 Å². The highest BCUT2D eigenvalue weighted by Crippen LogP contribution is 2.15. The second-order valence-electron chi connectivity index (χ2n) is 3.10. The van der Waals surface area contributed by atoms with Crippen molar-refractivity contribution in [2.75, 3.05) is 0 Å². The number of nitrogens with one attached hydrogen (secondary N) is 1. The zero-order chi connectivity index (χ0) is 8.55. The van der Waals surface area contributed by atoms with E-state index in [1.165, 1.54) is 5.92 Å². The Hall–Kier alpha value is -1.31. The fourth-order valence-electron chi connectivity index (χ4n) is 1.19. The minimum atomic E-state index is 0.983. The van der Waals surface area contributed by atoms with Gasteiger partial charge in [-0.2, -0.15) is 0 Å². The van der Waals surface area contributed by atoms with Crippen molar-refractivity contribution in [2.24, 2.45) is 0 Å². The number of nitrogens with zero attached hydrogens (tertiary/aromatic N) is 1. The molecule has 2 heteroatoms. The highest BCUT2D eigenvalue weighted by molar-refractivity contribution is 5.75. The van der Waals surface area contributed by atoms with Gasteiger partial charge in [0.25, 0.3) is 0 Å². The van der Waals surface area contributed by atoms with E-state index in [2.05, 4.69) is 23.8 Å². The van der Waals surface area contributed by atoms with Crippen molar-refractivity contribution < 1.29 is 0 Å². The Morgan fingerprint density at radius 3 is 2.67 bits per heavy atom. The molecular weight excluding hydrogens is 148 g/mol. The molecule has 1 N–H and O–H groups in total. The van der Waals surface area contributed by atoms with Crippen LogP contribution in [0.15, 0.2) is 24.3 Å². The SMILES string of the molecule is C[C](C)c1nc2ccccc2[nH]1. The maximum Gasteiger partial charge on any atom is 0.113 e. The van der Waals surface area contributed by atoms with Gasteiger partial charge >= 0.3 is 0 Å². The molecule has 0 aliphatic carbocycles. The minimum absolute atomic E-state index is 0.983. The van der Waals surface area contributed by atoms with Gasteiger partial charge in [-0.3, -0.25) is 0 Å². The molecule has 1 aromatic heterocycles. The van der Waals surface area contributed by atoms with Gasteiger partial charge < -0.3 is 4.98 Å². The number of hydrogen-bond donors (Lipinski definition) is 1. The van der Waals surface area contributed by atoms with E-state index in [0.29, 0.717) is 0 Å². The zero-order valence-electron chi connectivity index (χ0n) is 7.26. The van der Waals surface area contributed by atoms with Crippen LogP contribution in [0.5, 0.6) is 0 Å². The van der Waals surface area contributed by atoms with E-state index in [4.69, 9.17) is 0 Å². The molecule has 0 bridgehead atoms. The number of fused-ring (bicyclic) bond motifs is 1. The van der Waals surface area contributed by atoms with Gasteiger partial charge in [0.1, 0.15) is 5.82 Å². The summed E-state index contributed by atoms with van der Waals surface area (Å²) in [6.07, 6.45) is 0. The molecule has 0 spiro atoms. The predicted molar refractivity (Wildman–Crippen MR) is 49.8 cm³/mol. The van der Waals surface area contributed by atoms with Crippen LogP contribution in [0.3, 0.4) is 0 Å². The van der Waals surface area contributed by atoms with Gasteiger partial charge in [0.05, 0.1) is 11.0 Å². The highest BCUT2D eigenvalue weighted by Gasteiger charge is 2.04. The number of H-pyrrole nitrogens is 1. The standard InChI is InChI=1S/C10H11N2/c1-7(2)10-11-8-5-3-4-6-9(8)12-10/h3-6H,1-2H3,(H,11,12). The van der Waals surface area contributed by atoms with Crippen molar-refractivity contribution in [2.45, 2.75) is 13.8 Å². The zero-order valence-corrected chi connectivity index (χ0v) is 7.26. The molecule has 2 aromatic rings. The lowest BCUT2D eigenvalue weighted by molar-refractivity contribution is 1.03. The van der Waals surface area contributed by atoms with Crippen molar-refractivity contribution in [1.82, 2.24) is 9.97 Å². The molecule has 0 aliphatic rings. The predicted octanol–water partition coefficient (Wildman–Crippen LogP) is 2.53. The molecule has 0 aliphatic heterocycles. The molecular formula is C10H11N2. The lowest BCUT2D eigenvalue weighted by Gasteiger charge is -1.94. The lowest BCUT2D eigenvalue weighted by atomic mass is 10.2. The summed E-state index contributed by atoms with van der Waals surface area (Å²) >= 11 is 0. The molecule has 61 valence electrons. The van der Waals surface area contributed by atoms with Gasteiger partial charge in [-0.05, 0) is 12.1 Å². The summed E-state index contributed by atoms with van der Waals surface area (Å²) in [5.41, 5.74) is 2.14. The molecule has 1 aromatic carbocycles. The van der Waals surface area contributed by atoms with Gasteiger partial charge in [-0.1, -0.05) is 26.0 Å². The summed E-state index contributed by atoms with van der Waals surface area (Å²) in [5.74, 6) is 2.20. The van der Waals surface area contributed by atoms with Gasteiger partial charge in [0.15, 0.2) is 0 Å². The first-order chi connectivity index (χ1) is 5.77. The van der Waals surface area contributed by atoms with Gasteiger partial charge in [0.2, 0.25) is 0 Å². The van der Waals surface area contributed by atoms with Gasteiger partial charge in [0, 0.05) is 5.92 Å². The second kappa shape index (κ2) is 2.63. The normalized spacial score (nSPS) is 11.2. The van der Waals surface area contributed by atoms with E-state index in [-0.39, 0.29) is 0 Å². The lowest BCUT2D eigenvalue weighted by Crippen LogP contribution is -1.89. The third-order valence-electron chi connectivity index (χ3n) is 1.86. The van der Waals surface area contributed by atoms with Crippen molar-refractivity contribution in [3.63, 3.8) is 0 Å². The Morgan fingerprint density at radius 2 is 2.00 bits per heavy atom. The average Bonchev–Trinajstić information content (AvgIpc) is 2.46. The van der Waals surface area contributed by atoms with Crippen LogP contribution in [0.1, 0.15) is 19.7 Å². The van der Waals surface area contributed by atoms with E-state index >= 15 is 0 Å². The monoisotopic (exact) mass is 159 g/mol. The third-order valence-corrected chi connectivity index (χ3v) is 1.86. The van der Waals surface area contributed by atoms with Crippen molar-refractivity contribution in [3.8, 4) is 0 Å². The molecule has 0 amide bonds. The molecule has 0 atom stereocenters. The van der Waals surface area contributed by atoms with Crippen molar-refractivity contribution in [3.05, 3.63) is 36.0 Å². The summed E-state index contributed by atoms with van der Waals surface area (Å²) in [5, 5.41) is 0. The highest BCUT2D eigenvalue weighted by atomic mass is 14.9. The smallest absolute Gasteiger partial charge is 0.113 e. The molecule has 2 nitrogen and oxygen atoms in total. The second-order valence-corrected chi connectivity index (χ2v) is 3.10. The summed E-state index contributed by atoms with van der Waals surface area (Å²) in [4.78, 5) is 7.67. The van der Waals surface area contributed by atoms with Crippen LogP contribution in [0, 0.1) is 5.92 Å². The molecule has 12 heavy (non-hydrogen) atoms. The number of rotatable bonds is 1. The number of hydrogen-bond acceptors (Lipinski definition) is 1. The van der Waals surface area contributed by atoms with Gasteiger partial charge in [-0.15, -0.1) is 0 Å². The van der Waals surface area contributed by atoms with E-state index < -0.39 is 0 Å². The van der Waals surface area contributed by atoms with Crippen LogP contribution in [0.2, 0.25) is 0 Å². The number of imidazole rings is 1. The maximum atomic E-state index is 4.42. The number of para-hydroxylation sites is 2. The molecule has 0 unspecified atom stereocenters. The van der Waals surface area contributed by atoms with Crippen LogP contribution in [0.25, 0.3) is 11.0 Å². The number of aromatic nitrogens is 2. The van der Waals surface area contributed by atoms with E-state index in [1.807, 2.05) is 24.3 Å². The summed E-state index contributed by atoms with van der Waals surface area (Å²) in [6, 6.07) is 8.06. The third kappa shape index (κ3) is 1.09. The number of aromatic amines is 1. The van der Waals surface area contributed by atoms with Crippen LogP contribution in [-0.2, 0) is 0 Å². The molecule has 0 saturated heterocycles. The van der Waals surface area contributed by atoms with Crippen molar-refractivity contribution in [1.29, 1.82) is 0 Å². The Balaban J connectivity index is 2.62. The Labute approximate surface area is 71.6 Å². The average molecular weight is 159 g/mol. The maximum absolute atomic E-state index is 4.42. The first-order valence-electron chi connectivity index (χ1n) is 4.02. The topological polar surface area (TPSA) is 28.7 Å². The summed E-state index contributed by atoms with van der Waals surface area (Å²) in [6.45, 7) is 4.11. The van der Waals surface area contributed by atoms with E-state index in [0.717, 1.165) is 16.9 Å². The van der Waals surface area contributed by atoms with Crippen LogP contribution < -0.4 is 0 Å². The summed E-state index contributed by atoms with van der Waals surface area (Å²) < 4.78 is 0. The largest absolute Gasteiger partial charge is 0.341 e. The Bertz CT molecular complexity index is 354. The van der Waals surface area contributed by atoms with Crippen LogP contribution >= 0.6 is 0 Å².